The molecule has 1 N–H and O–H groups in total. The molecule has 3 rings (SSSR count). The van der Waals surface area contributed by atoms with Crippen molar-refractivity contribution in [1.29, 1.82) is 0 Å². The summed E-state index contributed by atoms with van der Waals surface area (Å²) in [6.45, 7) is 0. The van der Waals surface area contributed by atoms with Crippen LogP contribution in [0, 0.1) is 11.8 Å². The lowest BCUT2D eigenvalue weighted by Gasteiger charge is -2.26. The van der Waals surface area contributed by atoms with Crippen LogP contribution in [0.4, 0.5) is 0 Å². The second-order valence-corrected chi connectivity index (χ2v) is 5.92. The zero-order valence-corrected chi connectivity index (χ0v) is 11.7. The Morgan fingerprint density at radius 2 is 2.10 bits per heavy atom. The van der Waals surface area contributed by atoms with Crippen LogP contribution in [0.1, 0.15) is 31.2 Å². The fraction of sp³-hybridized carbons (Fsp3) is 0.500. The van der Waals surface area contributed by atoms with E-state index < -0.39 is 5.97 Å². The molecule has 0 bridgehead atoms. The number of aromatic nitrogens is 2. The number of carboxylic acid groups (broad SMARTS) is 1. The lowest BCUT2D eigenvalue weighted by Crippen LogP contribution is -2.22. The molecule has 0 radical (unpaired) electrons. The van der Waals surface area contributed by atoms with E-state index in [1.807, 2.05) is 17.9 Å². The third-order valence-electron chi connectivity index (χ3n) is 4.53. The Morgan fingerprint density at radius 3 is 2.80 bits per heavy atom. The van der Waals surface area contributed by atoms with E-state index in [-0.39, 0.29) is 5.92 Å². The number of fused-ring (bicyclic) bond motifs is 1. The van der Waals surface area contributed by atoms with Crippen molar-refractivity contribution in [3.8, 4) is 0 Å². The highest BCUT2D eigenvalue weighted by molar-refractivity contribution is 5.79. The molecule has 1 aliphatic carbocycles. The lowest BCUT2D eigenvalue weighted by atomic mass is 9.79. The van der Waals surface area contributed by atoms with Crippen molar-refractivity contribution in [2.45, 2.75) is 32.1 Å². The van der Waals surface area contributed by atoms with Crippen LogP contribution < -0.4 is 0 Å². The number of carbonyl (C=O) groups is 1. The van der Waals surface area contributed by atoms with E-state index in [2.05, 4.69) is 23.3 Å². The van der Waals surface area contributed by atoms with E-state index in [4.69, 9.17) is 5.11 Å². The topological polar surface area (TPSA) is 55.1 Å². The first-order valence-electron chi connectivity index (χ1n) is 7.27. The summed E-state index contributed by atoms with van der Waals surface area (Å²) < 4.78 is 1.90. The van der Waals surface area contributed by atoms with Crippen molar-refractivity contribution in [2.75, 3.05) is 0 Å². The van der Waals surface area contributed by atoms with Gasteiger partial charge in [0.15, 0.2) is 0 Å². The van der Waals surface area contributed by atoms with Crippen LogP contribution in [0.2, 0.25) is 0 Å². The van der Waals surface area contributed by atoms with Gasteiger partial charge in [0, 0.05) is 12.4 Å². The maximum Gasteiger partial charge on any atom is 0.306 e. The predicted octanol–water partition coefficient (Wildman–Crippen LogP) is 3.01. The van der Waals surface area contributed by atoms with Gasteiger partial charge in [0.05, 0.1) is 17.6 Å². The maximum absolute atomic E-state index is 11.0. The molecule has 4 nitrogen and oxygen atoms in total. The number of benzene rings is 1. The Morgan fingerprint density at radius 1 is 1.35 bits per heavy atom. The van der Waals surface area contributed by atoms with Gasteiger partial charge >= 0.3 is 5.97 Å². The minimum Gasteiger partial charge on any atom is -0.481 e. The summed E-state index contributed by atoms with van der Waals surface area (Å²) in [6.07, 6.45) is 6.65. The molecule has 1 heterocycles. The minimum atomic E-state index is -0.625. The van der Waals surface area contributed by atoms with Crippen LogP contribution in [0.5, 0.6) is 0 Å². The number of aliphatic carboxylic acids is 1. The van der Waals surface area contributed by atoms with Crippen LogP contribution in [0.25, 0.3) is 10.9 Å². The normalized spacial score (nSPS) is 23.1. The minimum absolute atomic E-state index is 0.120. The third kappa shape index (κ3) is 2.55. The van der Waals surface area contributed by atoms with Crippen molar-refractivity contribution in [3.63, 3.8) is 0 Å². The van der Waals surface area contributed by atoms with Gasteiger partial charge in [-0.2, -0.15) is 5.10 Å². The van der Waals surface area contributed by atoms with Gasteiger partial charge in [-0.3, -0.25) is 9.48 Å². The van der Waals surface area contributed by atoms with Crippen molar-refractivity contribution in [1.82, 2.24) is 9.78 Å². The molecule has 2 aromatic rings. The maximum atomic E-state index is 11.0. The first kappa shape index (κ1) is 13.2. The molecule has 1 saturated carbocycles. The molecule has 4 heteroatoms. The van der Waals surface area contributed by atoms with Crippen LogP contribution in [0.3, 0.4) is 0 Å². The Hall–Kier alpha value is -1.84. The Bertz CT molecular complexity index is 624. The number of carboxylic acids is 1. The highest BCUT2D eigenvalue weighted by Crippen LogP contribution is 2.31. The molecular weight excluding hydrogens is 252 g/mol. The predicted molar refractivity (Wildman–Crippen MR) is 77.5 cm³/mol. The molecule has 0 spiro atoms. The van der Waals surface area contributed by atoms with Gasteiger partial charge in [-0.1, -0.05) is 12.1 Å². The summed E-state index contributed by atoms with van der Waals surface area (Å²) in [6, 6.07) is 6.51. The lowest BCUT2D eigenvalue weighted by molar-refractivity contribution is -0.143. The molecule has 20 heavy (non-hydrogen) atoms. The van der Waals surface area contributed by atoms with Crippen molar-refractivity contribution < 1.29 is 9.90 Å². The van der Waals surface area contributed by atoms with E-state index in [0.29, 0.717) is 5.92 Å². The van der Waals surface area contributed by atoms with Gasteiger partial charge in [0.1, 0.15) is 0 Å². The molecule has 1 aromatic carbocycles. The van der Waals surface area contributed by atoms with Crippen molar-refractivity contribution >= 4 is 16.9 Å². The van der Waals surface area contributed by atoms with Gasteiger partial charge in [-0.05, 0) is 49.7 Å². The Balaban J connectivity index is 1.68. The van der Waals surface area contributed by atoms with Crippen LogP contribution in [0.15, 0.2) is 24.4 Å². The molecule has 0 aliphatic heterocycles. The standard InChI is InChI=1S/C16H20N2O2/c1-18-15-9-12(4-7-14(15)10-17-18)8-11-2-5-13(6-3-11)16(19)20/h4,7,9-11,13H,2-3,5-6,8H2,1H3,(H,19,20)/t11-,13-. The van der Waals surface area contributed by atoms with Gasteiger partial charge in [-0.25, -0.2) is 0 Å². The van der Waals surface area contributed by atoms with E-state index >= 15 is 0 Å². The number of nitrogens with zero attached hydrogens (tertiary/aromatic N) is 2. The smallest absolute Gasteiger partial charge is 0.306 e. The first-order chi connectivity index (χ1) is 9.63. The van der Waals surface area contributed by atoms with Gasteiger partial charge in [-0.15, -0.1) is 0 Å². The molecule has 1 aliphatic rings. The summed E-state index contributed by atoms with van der Waals surface area (Å²) >= 11 is 0. The molecule has 0 unspecified atom stereocenters. The van der Waals surface area contributed by atoms with Crippen LogP contribution in [-0.4, -0.2) is 20.9 Å². The monoisotopic (exact) mass is 272 g/mol. The van der Waals surface area contributed by atoms with Gasteiger partial charge in [0.2, 0.25) is 0 Å². The second kappa shape index (κ2) is 5.27. The summed E-state index contributed by atoms with van der Waals surface area (Å²) in [7, 11) is 1.96. The molecule has 0 amide bonds. The fourth-order valence-electron chi connectivity index (χ4n) is 3.26. The summed E-state index contributed by atoms with van der Waals surface area (Å²) in [5.74, 6) is -0.123. The quantitative estimate of drug-likeness (QED) is 0.934. The Kier molecular flexibility index (Phi) is 3.47. The molecule has 1 fully saturated rings. The van der Waals surface area contributed by atoms with Crippen LogP contribution in [-0.2, 0) is 18.3 Å². The average Bonchev–Trinajstić information content (AvgIpc) is 2.81. The van der Waals surface area contributed by atoms with Crippen molar-refractivity contribution in [3.05, 3.63) is 30.0 Å². The van der Waals surface area contributed by atoms with E-state index in [9.17, 15) is 4.79 Å². The molecule has 0 atom stereocenters. The van der Waals surface area contributed by atoms with E-state index in [1.54, 1.807) is 0 Å². The van der Waals surface area contributed by atoms with Gasteiger partial charge < -0.3 is 5.11 Å². The van der Waals surface area contributed by atoms with Gasteiger partial charge in [0.25, 0.3) is 0 Å². The SMILES string of the molecule is Cn1ncc2ccc(C[C@H]3CC[C@H](C(=O)O)CC3)cc21. The molecule has 0 saturated heterocycles. The number of aryl methyl sites for hydroxylation is 1. The third-order valence-corrected chi connectivity index (χ3v) is 4.53. The number of rotatable bonds is 3. The second-order valence-electron chi connectivity index (χ2n) is 5.92. The molecule has 106 valence electrons. The molecule has 1 aromatic heterocycles. The summed E-state index contributed by atoms with van der Waals surface area (Å²) in [4.78, 5) is 11.0. The first-order valence-corrected chi connectivity index (χ1v) is 7.27. The summed E-state index contributed by atoms with van der Waals surface area (Å²) in [5, 5.41) is 14.5. The number of hydrogen-bond acceptors (Lipinski definition) is 2. The highest BCUT2D eigenvalue weighted by Gasteiger charge is 2.25. The number of hydrogen-bond donors (Lipinski definition) is 1. The van der Waals surface area contributed by atoms with E-state index in [1.165, 1.54) is 16.5 Å². The van der Waals surface area contributed by atoms with Crippen molar-refractivity contribution in [2.24, 2.45) is 18.9 Å². The zero-order valence-electron chi connectivity index (χ0n) is 11.7. The van der Waals surface area contributed by atoms with E-state index in [0.717, 1.165) is 32.1 Å². The van der Waals surface area contributed by atoms with Crippen LogP contribution >= 0.6 is 0 Å². The zero-order chi connectivity index (χ0) is 14.1. The Labute approximate surface area is 118 Å². The average molecular weight is 272 g/mol. The summed E-state index contributed by atoms with van der Waals surface area (Å²) in [5.41, 5.74) is 2.50. The fourth-order valence-corrected chi connectivity index (χ4v) is 3.26. The largest absolute Gasteiger partial charge is 0.481 e. The molecular formula is C16H20N2O2. The highest BCUT2D eigenvalue weighted by atomic mass is 16.4.